The Balaban J connectivity index is 0.00000242. The van der Waals surface area contributed by atoms with Crippen molar-refractivity contribution in [3.8, 4) is 0 Å². The summed E-state index contributed by atoms with van der Waals surface area (Å²) in [4.78, 5) is 12.2. The molecule has 1 fully saturated rings. The molecule has 0 radical (unpaired) electrons. The predicted molar refractivity (Wildman–Crippen MR) is 95.8 cm³/mol. The summed E-state index contributed by atoms with van der Waals surface area (Å²) in [5.41, 5.74) is 3.52. The second kappa shape index (κ2) is 9.16. The Hall–Kier alpha value is -1.06. The zero-order chi connectivity index (χ0) is 15.2. The van der Waals surface area contributed by atoms with E-state index >= 15 is 0 Å². The lowest BCUT2D eigenvalue weighted by Gasteiger charge is -2.28. The molecular weight excluding hydrogens is 296 g/mol. The molecule has 1 heterocycles. The minimum absolute atomic E-state index is 0. The maximum atomic E-state index is 12.2. The van der Waals surface area contributed by atoms with Crippen LogP contribution in [0.1, 0.15) is 44.2 Å². The summed E-state index contributed by atoms with van der Waals surface area (Å²) in [6, 6.07) is 6.18. The molecule has 0 aromatic heterocycles. The number of amides is 1. The normalized spacial score (nSPS) is 19.1. The molecule has 2 rings (SSSR count). The van der Waals surface area contributed by atoms with Gasteiger partial charge >= 0.3 is 0 Å². The van der Waals surface area contributed by atoms with Gasteiger partial charge in [-0.15, -0.1) is 12.4 Å². The molecular formula is C18H29ClN2O. The van der Waals surface area contributed by atoms with Gasteiger partial charge in [-0.3, -0.25) is 4.79 Å². The zero-order valence-corrected chi connectivity index (χ0v) is 14.8. The van der Waals surface area contributed by atoms with Crippen LogP contribution in [0.25, 0.3) is 0 Å². The number of anilines is 1. The van der Waals surface area contributed by atoms with Crippen molar-refractivity contribution < 1.29 is 4.79 Å². The first-order chi connectivity index (χ1) is 10.1. The fourth-order valence-corrected chi connectivity index (χ4v) is 3.17. The van der Waals surface area contributed by atoms with Crippen LogP contribution in [0.5, 0.6) is 0 Å². The Morgan fingerprint density at radius 2 is 2.23 bits per heavy atom. The summed E-state index contributed by atoms with van der Waals surface area (Å²) in [6.07, 6.45) is 4.09. The molecule has 0 bridgehead atoms. The van der Waals surface area contributed by atoms with E-state index in [-0.39, 0.29) is 18.3 Å². The summed E-state index contributed by atoms with van der Waals surface area (Å²) in [6.45, 7) is 8.63. The first-order valence-electron chi connectivity index (χ1n) is 8.20. The second-order valence-electron chi connectivity index (χ2n) is 6.33. The first kappa shape index (κ1) is 19.0. The van der Waals surface area contributed by atoms with Crippen molar-refractivity contribution >= 4 is 24.0 Å². The number of benzene rings is 1. The van der Waals surface area contributed by atoms with Crippen molar-refractivity contribution in [3.05, 3.63) is 29.3 Å². The van der Waals surface area contributed by atoms with E-state index in [1.54, 1.807) is 0 Å². The summed E-state index contributed by atoms with van der Waals surface area (Å²) >= 11 is 0. The lowest BCUT2D eigenvalue weighted by atomic mass is 9.85. The number of carbonyl (C=O) groups is 1. The summed E-state index contributed by atoms with van der Waals surface area (Å²) in [5, 5.41) is 6.48. The van der Waals surface area contributed by atoms with Crippen molar-refractivity contribution in [1.29, 1.82) is 0 Å². The molecule has 1 aromatic carbocycles. The molecule has 1 aliphatic rings. The SMILES string of the molecule is CCc1cc(NC(=O)CC(C)C2CCCNC2)ccc1C.Cl. The monoisotopic (exact) mass is 324 g/mol. The number of piperidine rings is 1. The van der Waals surface area contributed by atoms with Crippen LogP contribution in [0, 0.1) is 18.8 Å². The largest absolute Gasteiger partial charge is 0.326 e. The molecule has 0 spiro atoms. The van der Waals surface area contributed by atoms with Gasteiger partial charge in [-0.25, -0.2) is 0 Å². The van der Waals surface area contributed by atoms with Gasteiger partial charge in [0.1, 0.15) is 0 Å². The molecule has 1 amide bonds. The highest BCUT2D eigenvalue weighted by Gasteiger charge is 2.22. The molecule has 0 saturated carbocycles. The van der Waals surface area contributed by atoms with Gasteiger partial charge in [0.05, 0.1) is 0 Å². The van der Waals surface area contributed by atoms with E-state index in [0.717, 1.165) is 25.2 Å². The Labute approximate surface area is 140 Å². The van der Waals surface area contributed by atoms with Gasteiger partial charge < -0.3 is 10.6 Å². The number of rotatable bonds is 5. The van der Waals surface area contributed by atoms with Crippen LogP contribution in [0.3, 0.4) is 0 Å². The van der Waals surface area contributed by atoms with Crippen LogP contribution < -0.4 is 10.6 Å². The number of hydrogen-bond donors (Lipinski definition) is 2. The zero-order valence-electron chi connectivity index (χ0n) is 13.9. The second-order valence-corrected chi connectivity index (χ2v) is 6.33. The number of hydrogen-bond acceptors (Lipinski definition) is 2. The van der Waals surface area contributed by atoms with Gasteiger partial charge in [0.15, 0.2) is 0 Å². The smallest absolute Gasteiger partial charge is 0.224 e. The standard InChI is InChI=1S/C18H28N2O.ClH/c1-4-15-11-17(8-7-13(15)2)20-18(21)10-14(3)16-6-5-9-19-12-16;/h7-8,11,14,16,19H,4-6,9-10,12H2,1-3H3,(H,20,21);1H. The van der Waals surface area contributed by atoms with Crippen molar-refractivity contribution in [2.24, 2.45) is 11.8 Å². The van der Waals surface area contributed by atoms with Crippen LogP contribution in [0.2, 0.25) is 0 Å². The lowest BCUT2D eigenvalue weighted by molar-refractivity contribution is -0.117. The van der Waals surface area contributed by atoms with Gasteiger partial charge in [-0.1, -0.05) is 19.9 Å². The van der Waals surface area contributed by atoms with Crippen molar-refractivity contribution in [3.63, 3.8) is 0 Å². The maximum absolute atomic E-state index is 12.2. The summed E-state index contributed by atoms with van der Waals surface area (Å²) in [7, 11) is 0. The predicted octanol–water partition coefficient (Wildman–Crippen LogP) is 3.94. The fourth-order valence-electron chi connectivity index (χ4n) is 3.17. The maximum Gasteiger partial charge on any atom is 0.224 e. The average molecular weight is 325 g/mol. The highest BCUT2D eigenvalue weighted by molar-refractivity contribution is 5.91. The van der Waals surface area contributed by atoms with E-state index in [1.807, 2.05) is 6.07 Å². The minimum Gasteiger partial charge on any atom is -0.326 e. The van der Waals surface area contributed by atoms with Gasteiger partial charge in [-0.05, 0) is 74.4 Å². The summed E-state index contributed by atoms with van der Waals surface area (Å²) < 4.78 is 0. The molecule has 1 saturated heterocycles. The van der Waals surface area contributed by atoms with E-state index in [0.29, 0.717) is 18.3 Å². The molecule has 2 atom stereocenters. The average Bonchev–Trinajstić information content (AvgIpc) is 2.50. The molecule has 124 valence electrons. The van der Waals surface area contributed by atoms with E-state index in [4.69, 9.17) is 0 Å². The first-order valence-corrected chi connectivity index (χ1v) is 8.20. The Bertz CT molecular complexity index is 484. The fraction of sp³-hybridized carbons (Fsp3) is 0.611. The molecule has 3 nitrogen and oxygen atoms in total. The molecule has 2 N–H and O–H groups in total. The van der Waals surface area contributed by atoms with Gasteiger partial charge in [0, 0.05) is 12.1 Å². The molecule has 0 aliphatic carbocycles. The molecule has 22 heavy (non-hydrogen) atoms. The topological polar surface area (TPSA) is 41.1 Å². The van der Waals surface area contributed by atoms with Crippen LogP contribution in [-0.4, -0.2) is 19.0 Å². The quantitative estimate of drug-likeness (QED) is 0.861. The van der Waals surface area contributed by atoms with Gasteiger partial charge in [-0.2, -0.15) is 0 Å². The molecule has 1 aromatic rings. The highest BCUT2D eigenvalue weighted by Crippen LogP contribution is 2.23. The number of nitrogens with one attached hydrogen (secondary N) is 2. The third-order valence-corrected chi connectivity index (χ3v) is 4.66. The number of halogens is 1. The van der Waals surface area contributed by atoms with Crippen molar-refractivity contribution in [1.82, 2.24) is 5.32 Å². The van der Waals surface area contributed by atoms with Gasteiger partial charge in [0.25, 0.3) is 0 Å². The Morgan fingerprint density at radius 1 is 1.45 bits per heavy atom. The van der Waals surface area contributed by atoms with Crippen LogP contribution in [-0.2, 0) is 11.2 Å². The third-order valence-electron chi connectivity index (χ3n) is 4.66. The summed E-state index contributed by atoms with van der Waals surface area (Å²) in [5.74, 6) is 1.21. The van der Waals surface area contributed by atoms with Crippen LogP contribution in [0.4, 0.5) is 5.69 Å². The lowest BCUT2D eigenvalue weighted by Crippen LogP contribution is -2.34. The van der Waals surface area contributed by atoms with Gasteiger partial charge in [0.2, 0.25) is 5.91 Å². The molecule has 2 unspecified atom stereocenters. The van der Waals surface area contributed by atoms with E-state index in [9.17, 15) is 4.79 Å². The van der Waals surface area contributed by atoms with Crippen molar-refractivity contribution in [2.45, 2.75) is 46.5 Å². The Kier molecular flexibility index (Phi) is 7.91. The number of aryl methyl sites for hydroxylation is 2. The molecule has 1 aliphatic heterocycles. The van der Waals surface area contributed by atoms with E-state index in [2.05, 4.69) is 43.5 Å². The minimum atomic E-state index is 0. The number of carbonyl (C=O) groups excluding carboxylic acids is 1. The van der Waals surface area contributed by atoms with Crippen LogP contribution >= 0.6 is 12.4 Å². The van der Waals surface area contributed by atoms with Crippen molar-refractivity contribution in [2.75, 3.05) is 18.4 Å². The Morgan fingerprint density at radius 3 is 2.86 bits per heavy atom. The molecule has 4 heteroatoms. The third kappa shape index (κ3) is 5.29. The van der Waals surface area contributed by atoms with Crippen LogP contribution in [0.15, 0.2) is 18.2 Å². The van der Waals surface area contributed by atoms with E-state index in [1.165, 1.54) is 24.0 Å². The van der Waals surface area contributed by atoms with E-state index < -0.39 is 0 Å². The highest BCUT2D eigenvalue weighted by atomic mass is 35.5.